The largest absolute Gasteiger partial charge is 0.415 e. The number of morpholine rings is 1. The zero-order valence-electron chi connectivity index (χ0n) is 6.27. The highest BCUT2D eigenvalue weighted by molar-refractivity contribution is 4.78. The molecule has 1 fully saturated rings. The normalized spacial score (nSPS) is 32.0. The Hall–Kier alpha value is -0.330. The smallest absolute Gasteiger partial charge is 0.394 e. The van der Waals surface area contributed by atoms with Crippen LogP contribution in [-0.2, 0) is 4.74 Å². The van der Waals surface area contributed by atoms with Crippen molar-refractivity contribution in [3.63, 3.8) is 0 Å². The molecular formula is C6H10F3NO2. The van der Waals surface area contributed by atoms with Crippen LogP contribution in [0, 0.1) is 0 Å². The van der Waals surface area contributed by atoms with Gasteiger partial charge in [-0.25, -0.2) is 0 Å². The zero-order valence-corrected chi connectivity index (χ0v) is 6.27. The van der Waals surface area contributed by atoms with Gasteiger partial charge in [-0.15, -0.1) is 0 Å². The summed E-state index contributed by atoms with van der Waals surface area (Å²) in [5, 5.41) is 11.1. The molecule has 1 heterocycles. The van der Waals surface area contributed by atoms with Crippen LogP contribution in [0.2, 0.25) is 0 Å². The number of ether oxygens (including phenoxy) is 1. The van der Waals surface area contributed by atoms with Crippen LogP contribution in [0.25, 0.3) is 0 Å². The van der Waals surface area contributed by atoms with Crippen molar-refractivity contribution >= 4 is 0 Å². The molecule has 1 aliphatic rings. The quantitative estimate of drug-likeness (QED) is 0.599. The van der Waals surface area contributed by atoms with Gasteiger partial charge in [0.05, 0.1) is 12.7 Å². The zero-order chi connectivity index (χ0) is 9.19. The summed E-state index contributed by atoms with van der Waals surface area (Å²) in [6.07, 6.45) is -6.88. The van der Waals surface area contributed by atoms with Gasteiger partial charge in [-0.3, -0.25) is 0 Å². The number of halogens is 3. The van der Waals surface area contributed by atoms with Gasteiger partial charge < -0.3 is 15.2 Å². The number of rotatable bonds is 1. The first-order chi connectivity index (χ1) is 5.54. The molecule has 0 radical (unpaired) electrons. The highest BCUT2D eigenvalue weighted by Gasteiger charge is 2.43. The van der Waals surface area contributed by atoms with E-state index in [0.717, 1.165) is 0 Å². The summed E-state index contributed by atoms with van der Waals surface area (Å²) >= 11 is 0. The van der Waals surface area contributed by atoms with E-state index in [9.17, 15) is 13.2 Å². The molecule has 0 aromatic carbocycles. The van der Waals surface area contributed by atoms with E-state index >= 15 is 0 Å². The summed E-state index contributed by atoms with van der Waals surface area (Å²) in [5.74, 6) is 0. The Kier molecular flexibility index (Phi) is 2.92. The average Bonchev–Trinajstić information content (AvgIpc) is 2.03. The Balaban J connectivity index is 2.46. The monoisotopic (exact) mass is 185 g/mol. The molecular weight excluding hydrogens is 175 g/mol. The fraction of sp³-hybridized carbons (Fsp3) is 1.00. The third kappa shape index (κ3) is 2.33. The van der Waals surface area contributed by atoms with Crippen molar-refractivity contribution in [2.45, 2.75) is 18.4 Å². The summed E-state index contributed by atoms with van der Waals surface area (Å²) in [7, 11) is 0. The topological polar surface area (TPSA) is 41.5 Å². The Morgan fingerprint density at radius 3 is 2.58 bits per heavy atom. The standard InChI is InChI=1S/C6H10F3NO2/c7-6(8,9)5-2-10-1-4(3-11)12-5/h4-5,10-11H,1-3H2/t4-,5-/m0/s1. The van der Waals surface area contributed by atoms with E-state index < -0.39 is 18.4 Å². The first-order valence-corrected chi connectivity index (χ1v) is 3.58. The molecule has 0 aromatic rings. The van der Waals surface area contributed by atoms with Gasteiger partial charge in [0.15, 0.2) is 6.10 Å². The summed E-state index contributed by atoms with van der Waals surface area (Å²) < 4.78 is 40.6. The lowest BCUT2D eigenvalue weighted by Crippen LogP contribution is -2.52. The van der Waals surface area contributed by atoms with E-state index in [-0.39, 0.29) is 19.7 Å². The van der Waals surface area contributed by atoms with E-state index in [2.05, 4.69) is 10.1 Å². The van der Waals surface area contributed by atoms with E-state index in [1.54, 1.807) is 0 Å². The minimum Gasteiger partial charge on any atom is -0.394 e. The second-order valence-corrected chi connectivity index (χ2v) is 2.63. The maximum absolute atomic E-state index is 12.0. The van der Waals surface area contributed by atoms with Gasteiger partial charge in [0.1, 0.15) is 0 Å². The molecule has 0 saturated carbocycles. The molecule has 12 heavy (non-hydrogen) atoms. The molecule has 0 bridgehead atoms. The molecule has 0 unspecified atom stereocenters. The Labute approximate surface area is 67.5 Å². The lowest BCUT2D eigenvalue weighted by Gasteiger charge is -2.30. The number of alkyl halides is 3. The fourth-order valence-electron chi connectivity index (χ4n) is 1.00. The molecule has 2 atom stereocenters. The molecule has 2 N–H and O–H groups in total. The first kappa shape index (κ1) is 9.76. The minimum absolute atomic E-state index is 0.236. The van der Waals surface area contributed by atoms with Gasteiger partial charge in [0, 0.05) is 13.1 Å². The molecule has 0 spiro atoms. The van der Waals surface area contributed by atoms with Crippen LogP contribution in [0.1, 0.15) is 0 Å². The van der Waals surface area contributed by atoms with Crippen LogP contribution in [0.3, 0.4) is 0 Å². The first-order valence-electron chi connectivity index (χ1n) is 3.58. The van der Waals surface area contributed by atoms with E-state index in [0.29, 0.717) is 0 Å². The van der Waals surface area contributed by atoms with Gasteiger partial charge in [-0.05, 0) is 0 Å². The molecule has 0 aliphatic carbocycles. The summed E-state index contributed by atoms with van der Waals surface area (Å²) in [6, 6.07) is 0. The van der Waals surface area contributed by atoms with E-state index in [4.69, 9.17) is 5.11 Å². The summed E-state index contributed by atoms with van der Waals surface area (Å²) in [6.45, 7) is -0.358. The molecule has 3 nitrogen and oxygen atoms in total. The van der Waals surface area contributed by atoms with Crippen LogP contribution in [0.15, 0.2) is 0 Å². The lowest BCUT2D eigenvalue weighted by molar-refractivity contribution is -0.242. The van der Waals surface area contributed by atoms with Crippen molar-refractivity contribution in [1.82, 2.24) is 5.32 Å². The number of aliphatic hydroxyl groups excluding tert-OH is 1. The van der Waals surface area contributed by atoms with Crippen molar-refractivity contribution < 1.29 is 23.0 Å². The fourth-order valence-corrected chi connectivity index (χ4v) is 1.00. The molecule has 1 aliphatic heterocycles. The number of aliphatic hydroxyl groups is 1. The molecule has 1 rings (SSSR count). The van der Waals surface area contributed by atoms with Crippen LogP contribution in [-0.4, -0.2) is 43.2 Å². The van der Waals surface area contributed by atoms with Gasteiger partial charge >= 0.3 is 6.18 Å². The summed E-state index contributed by atoms with van der Waals surface area (Å²) in [4.78, 5) is 0. The van der Waals surface area contributed by atoms with E-state index in [1.165, 1.54) is 0 Å². The minimum atomic E-state index is -4.35. The van der Waals surface area contributed by atoms with Crippen molar-refractivity contribution in [2.24, 2.45) is 0 Å². The number of hydrogen-bond donors (Lipinski definition) is 2. The van der Waals surface area contributed by atoms with Gasteiger partial charge in [-0.2, -0.15) is 13.2 Å². The second-order valence-electron chi connectivity index (χ2n) is 2.63. The van der Waals surface area contributed by atoms with Crippen LogP contribution in [0.5, 0.6) is 0 Å². The average molecular weight is 185 g/mol. The number of hydrogen-bond acceptors (Lipinski definition) is 3. The Morgan fingerprint density at radius 1 is 1.42 bits per heavy atom. The highest BCUT2D eigenvalue weighted by atomic mass is 19.4. The van der Waals surface area contributed by atoms with Crippen molar-refractivity contribution in [3.8, 4) is 0 Å². The number of nitrogens with one attached hydrogen (secondary N) is 1. The maximum Gasteiger partial charge on any atom is 0.415 e. The SMILES string of the molecule is OC[C@@H]1CNC[C@@H](C(F)(F)F)O1. The highest BCUT2D eigenvalue weighted by Crippen LogP contribution is 2.24. The van der Waals surface area contributed by atoms with Crippen LogP contribution >= 0.6 is 0 Å². The predicted molar refractivity (Wildman–Crippen MR) is 34.7 cm³/mol. The Morgan fingerprint density at radius 2 is 2.08 bits per heavy atom. The van der Waals surface area contributed by atoms with Crippen molar-refractivity contribution in [1.29, 1.82) is 0 Å². The Bertz CT molecular complexity index is 150. The van der Waals surface area contributed by atoms with Gasteiger partial charge in [-0.1, -0.05) is 0 Å². The third-order valence-corrected chi connectivity index (χ3v) is 1.63. The van der Waals surface area contributed by atoms with Gasteiger partial charge in [0.25, 0.3) is 0 Å². The molecule has 6 heteroatoms. The lowest BCUT2D eigenvalue weighted by atomic mass is 10.2. The molecule has 0 amide bonds. The van der Waals surface area contributed by atoms with Crippen LogP contribution in [0.4, 0.5) is 13.2 Å². The summed E-state index contributed by atoms with van der Waals surface area (Å²) in [5.41, 5.74) is 0. The second kappa shape index (κ2) is 3.59. The third-order valence-electron chi connectivity index (χ3n) is 1.63. The van der Waals surface area contributed by atoms with Crippen molar-refractivity contribution in [2.75, 3.05) is 19.7 Å². The molecule has 1 saturated heterocycles. The predicted octanol–water partition coefficient (Wildman–Crippen LogP) is -0.102. The van der Waals surface area contributed by atoms with Gasteiger partial charge in [0.2, 0.25) is 0 Å². The molecule has 0 aromatic heterocycles. The maximum atomic E-state index is 12.0. The van der Waals surface area contributed by atoms with Crippen LogP contribution < -0.4 is 5.32 Å². The molecule has 72 valence electrons. The van der Waals surface area contributed by atoms with Crippen molar-refractivity contribution in [3.05, 3.63) is 0 Å². The van der Waals surface area contributed by atoms with E-state index in [1.807, 2.05) is 0 Å².